The summed E-state index contributed by atoms with van der Waals surface area (Å²) in [4.78, 5) is 2.54. The van der Waals surface area contributed by atoms with Gasteiger partial charge in [0, 0.05) is 37.4 Å². The minimum atomic E-state index is 1.11. The Hall–Kier alpha value is -1.44. The Kier molecular flexibility index (Phi) is 2.58. The van der Waals surface area contributed by atoms with Crippen LogP contribution in [0.15, 0.2) is 24.4 Å². The molecule has 1 saturated heterocycles. The molecule has 2 aromatic rings. The summed E-state index contributed by atoms with van der Waals surface area (Å²) >= 11 is 0. The highest BCUT2D eigenvalue weighted by Crippen LogP contribution is 2.33. The summed E-state index contributed by atoms with van der Waals surface area (Å²) in [6, 6.07) is 6.70. The predicted octanol–water partition coefficient (Wildman–Crippen LogP) is 3.34. The van der Waals surface area contributed by atoms with Crippen LogP contribution in [0, 0.1) is 0 Å². The summed E-state index contributed by atoms with van der Waals surface area (Å²) in [5.41, 5.74) is 4.29. The van der Waals surface area contributed by atoms with E-state index in [0.717, 1.165) is 6.42 Å². The maximum absolute atomic E-state index is 2.54. The van der Waals surface area contributed by atoms with Gasteiger partial charge in [-0.15, -0.1) is 0 Å². The Labute approximate surface area is 103 Å². The highest BCUT2D eigenvalue weighted by Gasteiger charge is 2.17. The van der Waals surface area contributed by atoms with Crippen LogP contribution in [0.25, 0.3) is 10.9 Å². The van der Waals surface area contributed by atoms with E-state index in [1.54, 1.807) is 0 Å². The van der Waals surface area contributed by atoms with Gasteiger partial charge in [0.15, 0.2) is 0 Å². The highest BCUT2D eigenvalue weighted by atomic mass is 15.1. The zero-order valence-electron chi connectivity index (χ0n) is 10.7. The molecule has 1 aliphatic rings. The smallest absolute Gasteiger partial charge is 0.0501 e. The molecule has 0 atom stereocenters. The topological polar surface area (TPSA) is 8.17 Å². The fourth-order valence-corrected chi connectivity index (χ4v) is 3.01. The van der Waals surface area contributed by atoms with Gasteiger partial charge in [-0.1, -0.05) is 13.0 Å². The van der Waals surface area contributed by atoms with Crippen LogP contribution in [0.4, 0.5) is 5.69 Å². The van der Waals surface area contributed by atoms with E-state index in [2.05, 4.69) is 47.8 Å². The molecule has 0 aliphatic carbocycles. The molecule has 0 saturated carbocycles. The van der Waals surface area contributed by atoms with Gasteiger partial charge in [0.2, 0.25) is 0 Å². The Morgan fingerprint density at radius 3 is 2.65 bits per heavy atom. The molecule has 0 radical (unpaired) electrons. The van der Waals surface area contributed by atoms with Gasteiger partial charge in [0.1, 0.15) is 0 Å². The van der Waals surface area contributed by atoms with E-state index in [0.29, 0.717) is 0 Å². The minimum Gasteiger partial charge on any atom is -0.371 e. The molecule has 3 rings (SSSR count). The molecule has 1 aliphatic heterocycles. The van der Waals surface area contributed by atoms with E-state index < -0.39 is 0 Å². The molecular weight excluding hydrogens is 208 g/mol. The zero-order chi connectivity index (χ0) is 11.8. The molecule has 17 heavy (non-hydrogen) atoms. The quantitative estimate of drug-likeness (QED) is 0.765. The molecule has 90 valence electrons. The van der Waals surface area contributed by atoms with Crippen LogP contribution in [-0.4, -0.2) is 17.7 Å². The van der Waals surface area contributed by atoms with Crippen molar-refractivity contribution in [2.75, 3.05) is 18.0 Å². The van der Waals surface area contributed by atoms with Gasteiger partial charge in [0.25, 0.3) is 0 Å². The van der Waals surface area contributed by atoms with E-state index in [-0.39, 0.29) is 0 Å². The number of fused-ring (bicyclic) bond motifs is 1. The summed E-state index contributed by atoms with van der Waals surface area (Å²) in [6.07, 6.45) is 6.07. The van der Waals surface area contributed by atoms with E-state index in [4.69, 9.17) is 0 Å². The number of aromatic nitrogens is 1. The lowest BCUT2D eigenvalue weighted by Gasteiger charge is -2.19. The second-order valence-electron chi connectivity index (χ2n) is 4.98. The Balaban J connectivity index is 2.22. The molecular formula is C15H20N2. The first-order valence-corrected chi connectivity index (χ1v) is 6.63. The molecule has 2 heterocycles. The Morgan fingerprint density at radius 2 is 1.94 bits per heavy atom. The van der Waals surface area contributed by atoms with E-state index in [1.807, 2.05) is 0 Å². The lowest BCUT2D eigenvalue weighted by atomic mass is 10.1. The molecule has 1 fully saturated rings. The van der Waals surface area contributed by atoms with E-state index in [9.17, 15) is 0 Å². The molecule has 1 aromatic heterocycles. The number of anilines is 1. The van der Waals surface area contributed by atoms with Crippen LogP contribution < -0.4 is 4.90 Å². The molecule has 0 amide bonds. The van der Waals surface area contributed by atoms with Crippen LogP contribution >= 0.6 is 0 Å². The number of hydrogen-bond donors (Lipinski definition) is 0. The van der Waals surface area contributed by atoms with Crippen molar-refractivity contribution in [1.29, 1.82) is 0 Å². The predicted molar refractivity (Wildman–Crippen MR) is 73.7 cm³/mol. The summed E-state index contributed by atoms with van der Waals surface area (Å²) < 4.78 is 2.26. The minimum absolute atomic E-state index is 1.11. The van der Waals surface area contributed by atoms with Gasteiger partial charge < -0.3 is 9.47 Å². The van der Waals surface area contributed by atoms with Crippen molar-refractivity contribution in [2.24, 2.45) is 7.05 Å². The lowest BCUT2D eigenvalue weighted by Crippen LogP contribution is -2.17. The lowest BCUT2D eigenvalue weighted by molar-refractivity contribution is 0.949. The Morgan fingerprint density at radius 1 is 1.18 bits per heavy atom. The third-order valence-corrected chi connectivity index (χ3v) is 3.90. The monoisotopic (exact) mass is 228 g/mol. The van der Waals surface area contributed by atoms with Crippen molar-refractivity contribution in [3.8, 4) is 0 Å². The van der Waals surface area contributed by atoms with Crippen molar-refractivity contribution < 1.29 is 0 Å². The summed E-state index contributed by atoms with van der Waals surface area (Å²) in [6.45, 7) is 4.68. The first kappa shape index (κ1) is 10.7. The van der Waals surface area contributed by atoms with Crippen molar-refractivity contribution >= 4 is 16.6 Å². The second kappa shape index (κ2) is 4.10. The van der Waals surface area contributed by atoms with Gasteiger partial charge in [-0.2, -0.15) is 0 Å². The Bertz CT molecular complexity index is 533. The second-order valence-corrected chi connectivity index (χ2v) is 4.98. The fourth-order valence-electron chi connectivity index (χ4n) is 3.01. The van der Waals surface area contributed by atoms with Crippen LogP contribution in [0.2, 0.25) is 0 Å². The molecule has 0 spiro atoms. The van der Waals surface area contributed by atoms with Gasteiger partial charge in [-0.25, -0.2) is 0 Å². The molecule has 0 bridgehead atoms. The maximum Gasteiger partial charge on any atom is 0.0501 e. The third kappa shape index (κ3) is 1.63. The molecule has 1 aromatic carbocycles. The van der Waals surface area contributed by atoms with Crippen LogP contribution in [0.1, 0.15) is 25.3 Å². The normalized spacial score (nSPS) is 16.0. The standard InChI is InChI=1S/C15H20N2/c1-3-12-11-16(2)13-7-6-8-14(15(12)13)17-9-4-5-10-17/h6-8,11H,3-5,9-10H2,1-2H3. The molecule has 0 N–H and O–H groups in total. The van der Waals surface area contributed by atoms with Crippen molar-refractivity contribution in [1.82, 2.24) is 4.57 Å². The van der Waals surface area contributed by atoms with E-state index in [1.165, 1.54) is 48.1 Å². The largest absolute Gasteiger partial charge is 0.371 e. The number of benzene rings is 1. The van der Waals surface area contributed by atoms with Gasteiger partial charge in [0.05, 0.1) is 5.52 Å². The van der Waals surface area contributed by atoms with Crippen LogP contribution in [0.5, 0.6) is 0 Å². The summed E-state index contributed by atoms with van der Waals surface area (Å²) in [5.74, 6) is 0. The van der Waals surface area contributed by atoms with Gasteiger partial charge >= 0.3 is 0 Å². The van der Waals surface area contributed by atoms with Gasteiger partial charge in [-0.3, -0.25) is 0 Å². The highest BCUT2D eigenvalue weighted by molar-refractivity contribution is 5.96. The maximum atomic E-state index is 2.54. The summed E-state index contributed by atoms with van der Waals surface area (Å²) in [5, 5.41) is 1.47. The number of rotatable bonds is 2. The van der Waals surface area contributed by atoms with Crippen LogP contribution in [-0.2, 0) is 13.5 Å². The molecule has 2 nitrogen and oxygen atoms in total. The third-order valence-electron chi connectivity index (χ3n) is 3.90. The first-order valence-electron chi connectivity index (χ1n) is 6.63. The number of hydrogen-bond acceptors (Lipinski definition) is 1. The van der Waals surface area contributed by atoms with Crippen molar-refractivity contribution in [3.05, 3.63) is 30.0 Å². The van der Waals surface area contributed by atoms with Gasteiger partial charge in [-0.05, 0) is 37.0 Å². The number of aryl methyl sites for hydroxylation is 2. The molecule has 2 heteroatoms. The number of nitrogens with zero attached hydrogens (tertiary/aromatic N) is 2. The van der Waals surface area contributed by atoms with Crippen molar-refractivity contribution in [3.63, 3.8) is 0 Å². The average Bonchev–Trinajstić information content (AvgIpc) is 2.97. The SMILES string of the molecule is CCc1cn(C)c2cccc(N3CCCC3)c12. The first-order chi connectivity index (χ1) is 8.31. The van der Waals surface area contributed by atoms with Crippen LogP contribution in [0.3, 0.4) is 0 Å². The fraction of sp³-hybridized carbons (Fsp3) is 0.467. The van der Waals surface area contributed by atoms with Crippen molar-refractivity contribution in [2.45, 2.75) is 26.2 Å². The zero-order valence-corrected chi connectivity index (χ0v) is 10.7. The molecule has 0 unspecified atom stereocenters. The van der Waals surface area contributed by atoms with E-state index >= 15 is 0 Å². The summed E-state index contributed by atoms with van der Waals surface area (Å²) in [7, 11) is 2.15. The average molecular weight is 228 g/mol.